The summed E-state index contributed by atoms with van der Waals surface area (Å²) in [6, 6.07) is 8.38. The zero-order valence-electron chi connectivity index (χ0n) is 10.6. The Morgan fingerprint density at radius 3 is 2.63 bits per heavy atom. The van der Waals surface area contributed by atoms with Gasteiger partial charge in [-0.3, -0.25) is 0 Å². The molecule has 0 radical (unpaired) electrons. The fourth-order valence-electron chi connectivity index (χ4n) is 2.47. The molecule has 19 heavy (non-hydrogen) atoms. The number of nitrogens with zero attached hydrogens (tertiary/aromatic N) is 1. The van der Waals surface area contributed by atoms with Crippen molar-refractivity contribution in [1.82, 2.24) is 4.57 Å². The molecule has 1 fully saturated rings. The first kappa shape index (κ1) is 12.0. The second-order valence-corrected chi connectivity index (χ2v) is 5.03. The standard InChI is InChI=1S/C15H14FNO2/c1-9-6-10(8-11(16)7-9)13-4-5-14(15(18)19)17(13)12-2-3-12/h4-8,12H,2-3H2,1H3,(H,18,19). The van der Waals surface area contributed by atoms with Gasteiger partial charge in [0.1, 0.15) is 11.5 Å². The molecule has 0 bridgehead atoms. The van der Waals surface area contributed by atoms with Gasteiger partial charge in [0.2, 0.25) is 0 Å². The van der Waals surface area contributed by atoms with Crippen LogP contribution in [0, 0.1) is 12.7 Å². The Morgan fingerprint density at radius 1 is 1.32 bits per heavy atom. The van der Waals surface area contributed by atoms with Crippen LogP contribution < -0.4 is 0 Å². The molecule has 0 atom stereocenters. The Balaban J connectivity index is 2.16. The maximum Gasteiger partial charge on any atom is 0.352 e. The lowest BCUT2D eigenvalue weighted by atomic mass is 10.1. The lowest BCUT2D eigenvalue weighted by Crippen LogP contribution is -2.08. The van der Waals surface area contributed by atoms with Crippen LogP contribution in [0.15, 0.2) is 30.3 Å². The summed E-state index contributed by atoms with van der Waals surface area (Å²) in [6.45, 7) is 1.83. The van der Waals surface area contributed by atoms with E-state index in [1.54, 1.807) is 12.1 Å². The smallest absolute Gasteiger partial charge is 0.352 e. The van der Waals surface area contributed by atoms with E-state index >= 15 is 0 Å². The van der Waals surface area contributed by atoms with E-state index in [1.165, 1.54) is 12.1 Å². The zero-order chi connectivity index (χ0) is 13.6. The van der Waals surface area contributed by atoms with Gasteiger partial charge in [-0.05, 0) is 55.7 Å². The van der Waals surface area contributed by atoms with Gasteiger partial charge in [-0.2, -0.15) is 0 Å². The molecule has 1 aliphatic carbocycles. The molecule has 98 valence electrons. The van der Waals surface area contributed by atoms with Gasteiger partial charge in [0.25, 0.3) is 0 Å². The Labute approximate surface area is 110 Å². The number of hydrogen-bond donors (Lipinski definition) is 1. The Morgan fingerprint density at radius 2 is 2.05 bits per heavy atom. The molecule has 0 aliphatic heterocycles. The molecule has 0 amide bonds. The molecule has 3 rings (SSSR count). The van der Waals surface area contributed by atoms with E-state index in [1.807, 2.05) is 17.6 Å². The minimum Gasteiger partial charge on any atom is -0.477 e. The number of rotatable bonds is 3. The van der Waals surface area contributed by atoms with Gasteiger partial charge in [0.05, 0.1) is 0 Å². The maximum absolute atomic E-state index is 13.5. The molecule has 1 heterocycles. The lowest BCUT2D eigenvalue weighted by molar-refractivity contribution is 0.0685. The third kappa shape index (κ3) is 2.14. The van der Waals surface area contributed by atoms with Crippen molar-refractivity contribution >= 4 is 5.97 Å². The fourth-order valence-corrected chi connectivity index (χ4v) is 2.47. The van der Waals surface area contributed by atoms with Crippen LogP contribution in [-0.2, 0) is 0 Å². The Hall–Kier alpha value is -2.10. The molecule has 2 aromatic rings. The van der Waals surface area contributed by atoms with Crippen LogP contribution in [0.3, 0.4) is 0 Å². The first-order valence-electron chi connectivity index (χ1n) is 6.28. The molecule has 1 aliphatic rings. The van der Waals surface area contributed by atoms with Crippen LogP contribution in [-0.4, -0.2) is 15.6 Å². The average molecular weight is 259 g/mol. The van der Waals surface area contributed by atoms with E-state index in [0.29, 0.717) is 0 Å². The highest BCUT2D eigenvalue weighted by Crippen LogP contribution is 2.40. The van der Waals surface area contributed by atoms with Crippen LogP contribution in [0.4, 0.5) is 4.39 Å². The number of hydrogen-bond acceptors (Lipinski definition) is 1. The molecule has 0 spiro atoms. The molecule has 0 saturated heterocycles. The van der Waals surface area contributed by atoms with E-state index in [-0.39, 0.29) is 17.6 Å². The third-order valence-electron chi connectivity index (χ3n) is 3.39. The SMILES string of the molecule is Cc1cc(F)cc(-c2ccc(C(=O)O)n2C2CC2)c1. The van der Waals surface area contributed by atoms with Crippen molar-refractivity contribution in [2.45, 2.75) is 25.8 Å². The van der Waals surface area contributed by atoms with Crippen LogP contribution in [0.5, 0.6) is 0 Å². The zero-order valence-corrected chi connectivity index (χ0v) is 10.6. The van der Waals surface area contributed by atoms with Gasteiger partial charge in [-0.15, -0.1) is 0 Å². The molecular weight excluding hydrogens is 245 g/mol. The van der Waals surface area contributed by atoms with E-state index < -0.39 is 5.97 Å². The van der Waals surface area contributed by atoms with Gasteiger partial charge in [-0.25, -0.2) is 9.18 Å². The van der Waals surface area contributed by atoms with Crippen molar-refractivity contribution in [3.8, 4) is 11.3 Å². The predicted octanol–water partition coefficient (Wildman–Crippen LogP) is 3.64. The largest absolute Gasteiger partial charge is 0.477 e. The molecular formula is C15H14FNO2. The molecule has 1 aromatic heterocycles. The second-order valence-electron chi connectivity index (χ2n) is 5.03. The topological polar surface area (TPSA) is 42.2 Å². The molecule has 1 saturated carbocycles. The number of carboxylic acid groups (broad SMARTS) is 1. The number of aryl methyl sites for hydroxylation is 1. The van der Waals surface area contributed by atoms with Gasteiger partial charge < -0.3 is 9.67 Å². The minimum absolute atomic E-state index is 0.236. The number of halogens is 1. The summed E-state index contributed by atoms with van der Waals surface area (Å²) in [5.74, 6) is -1.23. The first-order valence-corrected chi connectivity index (χ1v) is 6.28. The number of aromatic carboxylic acids is 1. The van der Waals surface area contributed by atoms with E-state index in [0.717, 1.165) is 29.7 Å². The van der Waals surface area contributed by atoms with E-state index in [9.17, 15) is 14.3 Å². The summed E-state index contributed by atoms with van der Waals surface area (Å²) >= 11 is 0. The normalized spacial score (nSPS) is 14.6. The summed E-state index contributed by atoms with van der Waals surface area (Å²) in [5.41, 5.74) is 2.62. The van der Waals surface area contributed by atoms with Gasteiger partial charge in [0.15, 0.2) is 0 Å². The summed E-state index contributed by atoms with van der Waals surface area (Å²) in [5, 5.41) is 9.22. The van der Waals surface area contributed by atoms with Gasteiger partial charge in [-0.1, -0.05) is 0 Å². The molecule has 4 heteroatoms. The summed E-state index contributed by atoms with van der Waals surface area (Å²) in [7, 11) is 0. The van der Waals surface area contributed by atoms with Crippen molar-refractivity contribution in [1.29, 1.82) is 0 Å². The monoisotopic (exact) mass is 259 g/mol. The van der Waals surface area contributed by atoms with Crippen molar-refractivity contribution in [2.24, 2.45) is 0 Å². The Bertz CT molecular complexity index is 636. The third-order valence-corrected chi connectivity index (χ3v) is 3.39. The highest BCUT2D eigenvalue weighted by Gasteiger charge is 2.30. The number of carbonyl (C=O) groups is 1. The number of aromatic nitrogens is 1. The van der Waals surface area contributed by atoms with Crippen LogP contribution >= 0.6 is 0 Å². The molecule has 0 unspecified atom stereocenters. The maximum atomic E-state index is 13.5. The summed E-state index contributed by atoms with van der Waals surface area (Å²) in [4.78, 5) is 11.2. The first-order chi connectivity index (χ1) is 9.06. The lowest BCUT2D eigenvalue weighted by Gasteiger charge is -2.11. The van der Waals surface area contributed by atoms with Gasteiger partial charge in [0, 0.05) is 17.3 Å². The van der Waals surface area contributed by atoms with Crippen LogP contribution in [0.1, 0.15) is 34.9 Å². The Kier molecular flexibility index (Phi) is 2.66. The number of benzene rings is 1. The van der Waals surface area contributed by atoms with Gasteiger partial charge >= 0.3 is 5.97 Å². The van der Waals surface area contributed by atoms with Crippen molar-refractivity contribution < 1.29 is 14.3 Å². The van der Waals surface area contributed by atoms with Crippen LogP contribution in [0.25, 0.3) is 11.3 Å². The number of carboxylic acids is 1. The van der Waals surface area contributed by atoms with E-state index in [4.69, 9.17) is 0 Å². The van der Waals surface area contributed by atoms with Crippen molar-refractivity contribution in [3.05, 3.63) is 47.4 Å². The summed E-state index contributed by atoms with van der Waals surface area (Å²) < 4.78 is 15.3. The molecule has 1 aromatic carbocycles. The second kappa shape index (κ2) is 4.23. The van der Waals surface area contributed by atoms with Crippen molar-refractivity contribution in [3.63, 3.8) is 0 Å². The average Bonchev–Trinajstić information content (AvgIpc) is 3.06. The molecule has 3 nitrogen and oxygen atoms in total. The predicted molar refractivity (Wildman–Crippen MR) is 69.8 cm³/mol. The fraction of sp³-hybridized carbons (Fsp3) is 0.267. The van der Waals surface area contributed by atoms with Crippen LogP contribution in [0.2, 0.25) is 0 Å². The molecule has 1 N–H and O–H groups in total. The highest BCUT2D eigenvalue weighted by atomic mass is 19.1. The van der Waals surface area contributed by atoms with Crippen molar-refractivity contribution in [2.75, 3.05) is 0 Å². The quantitative estimate of drug-likeness (QED) is 0.914. The highest BCUT2D eigenvalue weighted by molar-refractivity contribution is 5.87. The summed E-state index contributed by atoms with van der Waals surface area (Å²) in [6.07, 6.45) is 1.96. The van der Waals surface area contributed by atoms with E-state index in [2.05, 4.69) is 0 Å². The minimum atomic E-state index is -0.939.